The van der Waals surface area contributed by atoms with E-state index in [1.165, 1.54) is 16.7 Å². The van der Waals surface area contributed by atoms with E-state index in [0.717, 1.165) is 5.75 Å². The fraction of sp³-hybridized carbons (Fsp3) is 0.294. The van der Waals surface area contributed by atoms with E-state index >= 15 is 0 Å². The summed E-state index contributed by atoms with van der Waals surface area (Å²) in [5, 5.41) is 0. The summed E-state index contributed by atoms with van der Waals surface area (Å²) in [5.74, 6) is 0.930. The van der Waals surface area contributed by atoms with E-state index in [0.29, 0.717) is 6.61 Å². The molecule has 0 aromatic heterocycles. The van der Waals surface area contributed by atoms with Crippen LogP contribution in [-0.4, -0.2) is 12.7 Å². The zero-order valence-electron chi connectivity index (χ0n) is 11.3. The molecular formula is C17H18O2. The van der Waals surface area contributed by atoms with Crippen molar-refractivity contribution in [3.8, 4) is 5.75 Å². The van der Waals surface area contributed by atoms with Gasteiger partial charge in [0.1, 0.15) is 24.6 Å². The normalized spacial score (nSPS) is 21.2. The van der Waals surface area contributed by atoms with Crippen molar-refractivity contribution in [3.05, 3.63) is 65.2 Å². The zero-order chi connectivity index (χ0) is 13.2. The number of ether oxygens (including phenoxy) is 2. The molecule has 1 aliphatic heterocycles. The van der Waals surface area contributed by atoms with E-state index in [-0.39, 0.29) is 12.2 Å². The van der Waals surface area contributed by atoms with Crippen molar-refractivity contribution in [1.82, 2.24) is 0 Å². The maximum atomic E-state index is 5.82. The molecule has 1 saturated heterocycles. The summed E-state index contributed by atoms with van der Waals surface area (Å²) in [7, 11) is 0. The summed E-state index contributed by atoms with van der Waals surface area (Å²) < 4.78 is 11.5. The fourth-order valence-corrected chi connectivity index (χ4v) is 2.40. The molecule has 1 fully saturated rings. The second kappa shape index (κ2) is 5.06. The molecule has 0 aliphatic carbocycles. The molecule has 0 N–H and O–H groups in total. The van der Waals surface area contributed by atoms with Gasteiger partial charge in [-0.05, 0) is 42.7 Å². The van der Waals surface area contributed by atoms with Crippen molar-refractivity contribution in [1.29, 1.82) is 0 Å². The first-order valence-corrected chi connectivity index (χ1v) is 6.64. The Morgan fingerprint density at radius 2 is 1.68 bits per heavy atom. The minimum Gasteiger partial charge on any atom is -0.491 e. The van der Waals surface area contributed by atoms with E-state index in [1.54, 1.807) is 0 Å². The molecule has 0 amide bonds. The lowest BCUT2D eigenvalue weighted by atomic mass is 10.1. The number of hydrogen-bond donors (Lipinski definition) is 0. The van der Waals surface area contributed by atoms with Crippen LogP contribution in [0.3, 0.4) is 0 Å². The molecule has 2 aromatic rings. The van der Waals surface area contributed by atoms with Crippen molar-refractivity contribution in [2.45, 2.75) is 26.1 Å². The maximum absolute atomic E-state index is 5.82. The topological polar surface area (TPSA) is 21.8 Å². The molecule has 0 saturated carbocycles. The minimum atomic E-state index is 0.184. The third kappa shape index (κ3) is 2.96. The fourth-order valence-electron chi connectivity index (χ4n) is 2.40. The molecule has 0 spiro atoms. The molecule has 1 aliphatic rings. The molecule has 0 radical (unpaired) electrons. The highest BCUT2D eigenvalue weighted by atomic mass is 16.6. The largest absolute Gasteiger partial charge is 0.491 e. The van der Waals surface area contributed by atoms with Gasteiger partial charge in [-0.15, -0.1) is 0 Å². The van der Waals surface area contributed by atoms with Gasteiger partial charge in [0.05, 0.1) is 0 Å². The number of epoxide rings is 1. The van der Waals surface area contributed by atoms with E-state index < -0.39 is 0 Å². The zero-order valence-corrected chi connectivity index (χ0v) is 11.3. The Morgan fingerprint density at radius 1 is 1.00 bits per heavy atom. The van der Waals surface area contributed by atoms with Gasteiger partial charge in [-0.3, -0.25) is 0 Å². The summed E-state index contributed by atoms with van der Waals surface area (Å²) in [6.07, 6.45) is 0.385. The Kier molecular flexibility index (Phi) is 3.26. The predicted octanol–water partition coefficient (Wildman–Crippen LogP) is 3.82. The van der Waals surface area contributed by atoms with Gasteiger partial charge in [0.25, 0.3) is 0 Å². The van der Waals surface area contributed by atoms with E-state index in [2.05, 4.69) is 44.2 Å². The van der Waals surface area contributed by atoms with Gasteiger partial charge in [0.15, 0.2) is 0 Å². The van der Waals surface area contributed by atoms with Gasteiger partial charge < -0.3 is 9.47 Å². The van der Waals surface area contributed by atoms with E-state index in [9.17, 15) is 0 Å². The Bertz CT molecular complexity index is 542. The molecule has 2 heteroatoms. The second-order valence-electron chi connectivity index (χ2n) is 5.14. The third-order valence-corrected chi connectivity index (χ3v) is 3.32. The maximum Gasteiger partial charge on any atom is 0.123 e. The van der Waals surface area contributed by atoms with Gasteiger partial charge in [0.2, 0.25) is 0 Å². The van der Waals surface area contributed by atoms with Crippen LogP contribution in [0.1, 0.15) is 22.8 Å². The van der Waals surface area contributed by atoms with Crippen LogP contribution in [0.25, 0.3) is 0 Å². The molecule has 1 heterocycles. The van der Waals surface area contributed by atoms with Crippen LogP contribution in [0.5, 0.6) is 5.75 Å². The van der Waals surface area contributed by atoms with E-state index in [1.807, 2.05) is 18.2 Å². The van der Waals surface area contributed by atoms with Crippen molar-refractivity contribution in [2.24, 2.45) is 0 Å². The summed E-state index contributed by atoms with van der Waals surface area (Å²) in [6.45, 7) is 4.78. The van der Waals surface area contributed by atoms with Gasteiger partial charge in [-0.25, -0.2) is 0 Å². The lowest BCUT2D eigenvalue weighted by Gasteiger charge is -2.06. The molecule has 2 nitrogen and oxygen atoms in total. The van der Waals surface area contributed by atoms with Crippen LogP contribution >= 0.6 is 0 Å². The van der Waals surface area contributed by atoms with Crippen LogP contribution in [0, 0.1) is 13.8 Å². The lowest BCUT2D eigenvalue weighted by Crippen LogP contribution is -2.05. The van der Waals surface area contributed by atoms with Crippen LogP contribution in [0.2, 0.25) is 0 Å². The van der Waals surface area contributed by atoms with E-state index in [4.69, 9.17) is 9.47 Å². The third-order valence-electron chi connectivity index (χ3n) is 3.32. The molecule has 98 valence electrons. The quantitative estimate of drug-likeness (QED) is 0.774. The smallest absolute Gasteiger partial charge is 0.123 e. The molecule has 3 rings (SSSR count). The molecule has 2 aromatic carbocycles. The van der Waals surface area contributed by atoms with Crippen molar-refractivity contribution in [3.63, 3.8) is 0 Å². The van der Waals surface area contributed by atoms with Crippen LogP contribution in [-0.2, 0) is 4.74 Å². The summed E-state index contributed by atoms with van der Waals surface area (Å²) in [4.78, 5) is 0. The second-order valence-corrected chi connectivity index (χ2v) is 5.14. The van der Waals surface area contributed by atoms with Crippen molar-refractivity contribution < 1.29 is 9.47 Å². The molecule has 2 atom stereocenters. The highest BCUT2D eigenvalue weighted by molar-refractivity contribution is 5.33. The molecule has 0 unspecified atom stereocenters. The van der Waals surface area contributed by atoms with Crippen LogP contribution < -0.4 is 4.74 Å². The Labute approximate surface area is 114 Å². The average Bonchev–Trinajstić information content (AvgIpc) is 3.16. The molecule has 0 bridgehead atoms. The number of rotatable bonds is 4. The van der Waals surface area contributed by atoms with Crippen LogP contribution in [0.15, 0.2) is 48.5 Å². The monoisotopic (exact) mass is 254 g/mol. The van der Waals surface area contributed by atoms with Crippen LogP contribution in [0.4, 0.5) is 0 Å². The summed E-state index contributed by atoms with van der Waals surface area (Å²) >= 11 is 0. The first kappa shape index (κ1) is 12.2. The minimum absolute atomic E-state index is 0.184. The Balaban J connectivity index is 1.57. The van der Waals surface area contributed by atoms with Crippen molar-refractivity contribution in [2.75, 3.05) is 6.61 Å². The van der Waals surface area contributed by atoms with Gasteiger partial charge in [0, 0.05) is 0 Å². The Hall–Kier alpha value is -1.80. The highest BCUT2D eigenvalue weighted by Gasteiger charge is 2.40. The van der Waals surface area contributed by atoms with Gasteiger partial charge in [-0.1, -0.05) is 36.4 Å². The predicted molar refractivity (Wildman–Crippen MR) is 75.5 cm³/mol. The molecular weight excluding hydrogens is 236 g/mol. The first-order valence-electron chi connectivity index (χ1n) is 6.64. The van der Waals surface area contributed by atoms with Gasteiger partial charge in [-0.2, -0.15) is 0 Å². The summed E-state index contributed by atoms with van der Waals surface area (Å²) in [6, 6.07) is 16.6. The van der Waals surface area contributed by atoms with Gasteiger partial charge >= 0.3 is 0 Å². The first-order chi connectivity index (χ1) is 9.22. The standard InChI is InChI=1S/C17H18O2/c1-12-8-13(2)10-15(9-12)18-11-16-17(19-16)14-6-4-3-5-7-14/h3-10,16-17H,11H2,1-2H3/t16-,17-/m0/s1. The number of hydrogen-bond acceptors (Lipinski definition) is 2. The highest BCUT2D eigenvalue weighted by Crippen LogP contribution is 2.38. The molecule has 19 heavy (non-hydrogen) atoms. The van der Waals surface area contributed by atoms with Crippen molar-refractivity contribution >= 4 is 0 Å². The number of benzene rings is 2. The summed E-state index contributed by atoms with van der Waals surface area (Å²) in [5.41, 5.74) is 3.69. The lowest BCUT2D eigenvalue weighted by molar-refractivity contribution is 0.260. The Morgan fingerprint density at radius 3 is 2.37 bits per heavy atom. The average molecular weight is 254 g/mol. The number of aryl methyl sites for hydroxylation is 2. The SMILES string of the molecule is Cc1cc(C)cc(OC[C@@H]2O[C@H]2c2ccccc2)c1.